The summed E-state index contributed by atoms with van der Waals surface area (Å²) in [5, 5.41) is 22.2. The van der Waals surface area contributed by atoms with E-state index in [1.54, 1.807) is 31.0 Å². The summed E-state index contributed by atoms with van der Waals surface area (Å²) in [7, 11) is 0. The van der Waals surface area contributed by atoms with Gasteiger partial charge in [-0.25, -0.2) is 18.6 Å². The molecule has 4 rings (SSSR count). The SMILES string of the molecule is Cc1cc([C@@H](C)Nc2ccncc2C(=O)O)c2nc(N3CCC(F)(F)CC3)c(C#N)c(=O)n2c1. The third kappa shape index (κ3) is 4.26. The van der Waals surface area contributed by atoms with Crippen molar-refractivity contribution in [2.75, 3.05) is 23.3 Å². The van der Waals surface area contributed by atoms with Crippen molar-refractivity contribution in [1.82, 2.24) is 14.4 Å². The molecule has 0 unspecified atom stereocenters. The molecule has 1 atom stereocenters. The van der Waals surface area contributed by atoms with E-state index in [0.29, 0.717) is 11.3 Å². The zero-order chi connectivity index (χ0) is 24.6. The predicted octanol–water partition coefficient (Wildman–Crippen LogP) is 3.38. The summed E-state index contributed by atoms with van der Waals surface area (Å²) in [5.41, 5.74) is 1.09. The average Bonchev–Trinajstić information content (AvgIpc) is 2.79. The van der Waals surface area contributed by atoms with Crippen molar-refractivity contribution in [3.8, 4) is 6.07 Å². The number of halogens is 2. The first kappa shape index (κ1) is 23.1. The Labute approximate surface area is 193 Å². The van der Waals surface area contributed by atoms with Crippen LogP contribution < -0.4 is 15.8 Å². The van der Waals surface area contributed by atoms with Gasteiger partial charge in [-0.2, -0.15) is 5.26 Å². The second-order valence-corrected chi connectivity index (χ2v) is 8.33. The van der Waals surface area contributed by atoms with Crippen LogP contribution in [0.2, 0.25) is 0 Å². The van der Waals surface area contributed by atoms with Gasteiger partial charge in [0.25, 0.3) is 11.5 Å². The topological polar surface area (TPSA) is 124 Å². The Balaban J connectivity index is 1.83. The molecule has 1 aliphatic heterocycles. The third-order valence-electron chi connectivity index (χ3n) is 5.87. The lowest BCUT2D eigenvalue weighted by Gasteiger charge is -2.33. The fraction of sp³-hybridized carbons (Fsp3) is 0.348. The molecule has 1 fully saturated rings. The number of carboxylic acids is 1. The lowest BCUT2D eigenvalue weighted by molar-refractivity contribution is -0.0221. The smallest absolute Gasteiger partial charge is 0.339 e. The Morgan fingerprint density at radius 3 is 2.71 bits per heavy atom. The highest BCUT2D eigenvalue weighted by Crippen LogP contribution is 2.32. The second kappa shape index (κ2) is 8.70. The van der Waals surface area contributed by atoms with Crippen LogP contribution >= 0.6 is 0 Å². The van der Waals surface area contributed by atoms with E-state index < -0.39 is 36.3 Å². The maximum atomic E-state index is 13.7. The number of aryl methyl sites for hydroxylation is 1. The van der Waals surface area contributed by atoms with Crippen molar-refractivity contribution in [2.24, 2.45) is 0 Å². The van der Waals surface area contributed by atoms with Gasteiger partial charge >= 0.3 is 5.97 Å². The fourth-order valence-corrected chi connectivity index (χ4v) is 4.09. The van der Waals surface area contributed by atoms with E-state index in [4.69, 9.17) is 0 Å². The number of alkyl halides is 2. The minimum atomic E-state index is -2.79. The second-order valence-electron chi connectivity index (χ2n) is 8.33. The van der Waals surface area contributed by atoms with Crippen LogP contribution in [0.1, 0.15) is 52.9 Å². The normalized spacial score (nSPS) is 16.1. The summed E-state index contributed by atoms with van der Waals surface area (Å²) >= 11 is 0. The average molecular weight is 468 g/mol. The molecule has 4 heterocycles. The lowest BCUT2D eigenvalue weighted by atomic mass is 10.1. The van der Waals surface area contributed by atoms with Gasteiger partial charge < -0.3 is 15.3 Å². The summed E-state index contributed by atoms with van der Waals surface area (Å²) in [6, 6.07) is 4.74. The number of nitriles is 1. The van der Waals surface area contributed by atoms with Crippen molar-refractivity contribution >= 4 is 23.1 Å². The maximum Gasteiger partial charge on any atom is 0.339 e. The fourth-order valence-electron chi connectivity index (χ4n) is 4.09. The maximum absolute atomic E-state index is 13.7. The van der Waals surface area contributed by atoms with Crippen LogP contribution in [0.5, 0.6) is 0 Å². The molecule has 34 heavy (non-hydrogen) atoms. The first-order valence-corrected chi connectivity index (χ1v) is 10.6. The number of rotatable bonds is 5. The molecule has 9 nitrogen and oxygen atoms in total. The molecule has 2 N–H and O–H groups in total. The van der Waals surface area contributed by atoms with Gasteiger partial charge in [-0.05, 0) is 31.5 Å². The van der Waals surface area contributed by atoms with Gasteiger partial charge in [-0.15, -0.1) is 0 Å². The predicted molar refractivity (Wildman–Crippen MR) is 121 cm³/mol. The number of hydrogen-bond acceptors (Lipinski definition) is 7. The molecule has 0 aliphatic carbocycles. The first-order valence-electron chi connectivity index (χ1n) is 10.6. The van der Waals surface area contributed by atoms with Crippen molar-refractivity contribution in [1.29, 1.82) is 5.26 Å². The lowest BCUT2D eigenvalue weighted by Crippen LogP contribution is -2.41. The summed E-state index contributed by atoms with van der Waals surface area (Å²) in [4.78, 5) is 34.7. The van der Waals surface area contributed by atoms with Crippen LogP contribution in [0, 0.1) is 18.3 Å². The quantitative estimate of drug-likeness (QED) is 0.584. The molecular formula is C23H22F2N6O3. The largest absolute Gasteiger partial charge is 0.478 e. The van der Waals surface area contributed by atoms with Gasteiger partial charge in [0, 0.05) is 50.1 Å². The number of hydrogen-bond donors (Lipinski definition) is 2. The van der Waals surface area contributed by atoms with E-state index in [1.807, 2.05) is 6.07 Å². The van der Waals surface area contributed by atoms with E-state index in [1.165, 1.54) is 22.9 Å². The van der Waals surface area contributed by atoms with Crippen LogP contribution in [-0.2, 0) is 0 Å². The van der Waals surface area contributed by atoms with Crippen LogP contribution in [0.4, 0.5) is 20.3 Å². The molecule has 1 saturated heterocycles. The van der Waals surface area contributed by atoms with Gasteiger partial charge in [0.1, 0.15) is 17.3 Å². The number of pyridine rings is 2. The number of nitrogens with zero attached hydrogens (tertiary/aromatic N) is 5. The van der Waals surface area contributed by atoms with Gasteiger partial charge in [-0.1, -0.05) is 0 Å². The van der Waals surface area contributed by atoms with E-state index >= 15 is 0 Å². The zero-order valence-corrected chi connectivity index (χ0v) is 18.5. The standard InChI is InChI=1S/C23H22F2N6O3/c1-13-9-15(14(2)28-18-3-6-27-11-17(18)22(33)34)20-29-19(16(10-26)21(32)31(20)12-13)30-7-4-23(24,25)5-8-30/h3,6,9,11-12,14H,4-5,7-8H2,1-2H3,(H,27,28)(H,33,34)/t14-/m1/s1. The molecule has 0 bridgehead atoms. The summed E-state index contributed by atoms with van der Waals surface area (Å²) in [6.07, 6.45) is 3.47. The van der Waals surface area contributed by atoms with Gasteiger partial charge in [-0.3, -0.25) is 14.2 Å². The number of anilines is 2. The number of aromatic nitrogens is 3. The Morgan fingerprint density at radius 2 is 2.06 bits per heavy atom. The Morgan fingerprint density at radius 1 is 1.35 bits per heavy atom. The number of piperidine rings is 1. The van der Waals surface area contributed by atoms with Gasteiger partial charge in [0.05, 0.1) is 11.7 Å². The molecule has 176 valence electrons. The molecule has 1 aliphatic rings. The molecule has 0 radical (unpaired) electrons. The molecule has 0 amide bonds. The Hall–Kier alpha value is -4.07. The molecule has 11 heteroatoms. The van der Waals surface area contributed by atoms with Crippen molar-refractivity contribution in [3.05, 3.63) is 63.3 Å². The minimum absolute atomic E-state index is 0.0156. The highest BCUT2D eigenvalue weighted by molar-refractivity contribution is 5.93. The Bertz CT molecular complexity index is 1370. The number of nitrogens with one attached hydrogen (secondary N) is 1. The third-order valence-corrected chi connectivity index (χ3v) is 5.87. The summed E-state index contributed by atoms with van der Waals surface area (Å²) in [5.74, 6) is -3.85. The molecule has 0 aromatic carbocycles. The van der Waals surface area contributed by atoms with Gasteiger partial charge in [0.15, 0.2) is 11.4 Å². The first-order chi connectivity index (χ1) is 16.1. The highest BCUT2D eigenvalue weighted by Gasteiger charge is 2.35. The van der Waals surface area contributed by atoms with Crippen LogP contribution in [0.15, 0.2) is 35.5 Å². The Kier molecular flexibility index (Phi) is 5.91. The van der Waals surface area contributed by atoms with Crippen LogP contribution in [0.25, 0.3) is 5.65 Å². The van der Waals surface area contributed by atoms with E-state index in [0.717, 1.165) is 5.56 Å². The summed E-state index contributed by atoms with van der Waals surface area (Å²) in [6.45, 7) is 3.51. The zero-order valence-electron chi connectivity index (χ0n) is 18.5. The van der Waals surface area contributed by atoms with E-state index in [2.05, 4.69) is 15.3 Å². The summed E-state index contributed by atoms with van der Waals surface area (Å²) < 4.78 is 28.6. The number of carboxylic acid groups (broad SMARTS) is 1. The van der Waals surface area contributed by atoms with Crippen LogP contribution in [0.3, 0.4) is 0 Å². The van der Waals surface area contributed by atoms with Gasteiger partial charge in [0.2, 0.25) is 0 Å². The van der Waals surface area contributed by atoms with Crippen molar-refractivity contribution in [2.45, 2.75) is 38.7 Å². The molecule has 3 aromatic heterocycles. The van der Waals surface area contributed by atoms with Crippen molar-refractivity contribution in [3.63, 3.8) is 0 Å². The molecule has 0 spiro atoms. The number of aromatic carboxylic acids is 1. The monoisotopic (exact) mass is 468 g/mol. The minimum Gasteiger partial charge on any atom is -0.478 e. The molecule has 0 saturated carbocycles. The molecular weight excluding hydrogens is 446 g/mol. The molecule has 3 aromatic rings. The van der Waals surface area contributed by atoms with E-state index in [-0.39, 0.29) is 35.7 Å². The van der Waals surface area contributed by atoms with E-state index in [9.17, 15) is 28.7 Å². The number of fused-ring (bicyclic) bond motifs is 1. The van der Waals surface area contributed by atoms with Crippen molar-refractivity contribution < 1.29 is 18.7 Å². The highest BCUT2D eigenvalue weighted by atomic mass is 19.3. The number of carbonyl (C=O) groups is 1. The van der Waals surface area contributed by atoms with Crippen LogP contribution in [-0.4, -0.2) is 44.5 Å².